The fourth-order valence-corrected chi connectivity index (χ4v) is 2.25. The van der Waals surface area contributed by atoms with Gasteiger partial charge in [0.05, 0.1) is 11.2 Å². The van der Waals surface area contributed by atoms with E-state index >= 15 is 0 Å². The topological polar surface area (TPSA) is 58.0 Å². The first-order valence-corrected chi connectivity index (χ1v) is 7.05. The van der Waals surface area contributed by atoms with E-state index in [9.17, 15) is 0 Å². The molecule has 21 heavy (non-hydrogen) atoms. The van der Waals surface area contributed by atoms with E-state index < -0.39 is 0 Å². The Kier molecular flexibility index (Phi) is 4.07. The number of aliphatic hydroxyl groups is 1. The highest BCUT2D eigenvalue weighted by molar-refractivity contribution is 5.93. The molecule has 3 aromatic rings. The van der Waals surface area contributed by atoms with Crippen molar-refractivity contribution in [2.75, 3.05) is 18.5 Å². The summed E-state index contributed by atoms with van der Waals surface area (Å²) >= 11 is 0. The van der Waals surface area contributed by atoms with Crippen molar-refractivity contribution in [3.8, 4) is 11.3 Å². The van der Waals surface area contributed by atoms with Crippen LogP contribution in [-0.4, -0.2) is 28.2 Å². The first-order valence-electron chi connectivity index (χ1n) is 7.05. The van der Waals surface area contributed by atoms with E-state index in [0.717, 1.165) is 22.2 Å². The van der Waals surface area contributed by atoms with E-state index in [1.54, 1.807) is 0 Å². The lowest BCUT2D eigenvalue weighted by Crippen LogP contribution is -2.07. The van der Waals surface area contributed by atoms with Crippen LogP contribution < -0.4 is 5.32 Å². The van der Waals surface area contributed by atoms with Crippen molar-refractivity contribution >= 4 is 16.9 Å². The number of hydrogen-bond donors (Lipinski definition) is 2. The minimum atomic E-state index is 0.159. The van der Waals surface area contributed by atoms with E-state index in [4.69, 9.17) is 5.11 Å². The molecule has 2 N–H and O–H groups in total. The van der Waals surface area contributed by atoms with Gasteiger partial charge in [0.15, 0.2) is 0 Å². The molecule has 0 aliphatic heterocycles. The Balaban J connectivity index is 2.08. The molecule has 0 spiro atoms. The molecule has 4 nitrogen and oxygen atoms in total. The third-order valence-electron chi connectivity index (χ3n) is 3.27. The summed E-state index contributed by atoms with van der Waals surface area (Å²) in [5.74, 6) is 0.598. The number of anilines is 1. The molecule has 0 radical (unpaired) electrons. The summed E-state index contributed by atoms with van der Waals surface area (Å²) in [4.78, 5) is 9.17. The molecule has 0 aliphatic carbocycles. The first-order chi connectivity index (χ1) is 10.4. The fourth-order valence-electron chi connectivity index (χ4n) is 2.25. The van der Waals surface area contributed by atoms with Crippen molar-refractivity contribution in [3.63, 3.8) is 0 Å². The largest absolute Gasteiger partial charge is 0.396 e. The molecule has 106 valence electrons. The Bertz CT molecular complexity index is 728. The molecule has 1 aromatic heterocycles. The summed E-state index contributed by atoms with van der Waals surface area (Å²) in [5, 5.41) is 13.1. The van der Waals surface area contributed by atoms with Crippen molar-refractivity contribution in [3.05, 3.63) is 54.6 Å². The first kappa shape index (κ1) is 13.5. The Labute approximate surface area is 123 Å². The number of nitrogens with one attached hydrogen (secondary N) is 1. The van der Waals surface area contributed by atoms with Gasteiger partial charge >= 0.3 is 0 Å². The molecule has 0 atom stereocenters. The number of benzene rings is 2. The number of para-hydroxylation sites is 1. The van der Waals surface area contributed by atoms with Gasteiger partial charge in [-0.05, 0) is 12.5 Å². The normalized spacial score (nSPS) is 10.7. The van der Waals surface area contributed by atoms with Crippen LogP contribution in [0, 0.1) is 0 Å². The number of aromatic nitrogens is 2. The standard InChI is InChI=1S/C17H17N3O/c21-12-6-11-18-17-19-15-10-5-4-9-14(15)16(20-17)13-7-2-1-3-8-13/h1-5,7-10,21H,6,11-12H2,(H,18,19,20). The molecule has 4 heteroatoms. The maximum atomic E-state index is 8.87. The predicted molar refractivity (Wildman–Crippen MR) is 85.2 cm³/mol. The molecule has 1 heterocycles. The highest BCUT2D eigenvalue weighted by atomic mass is 16.3. The molecule has 0 amide bonds. The minimum absolute atomic E-state index is 0.159. The van der Waals surface area contributed by atoms with Crippen molar-refractivity contribution in [2.24, 2.45) is 0 Å². The molecule has 2 aromatic carbocycles. The maximum absolute atomic E-state index is 8.87. The second-order valence-electron chi connectivity index (χ2n) is 4.78. The van der Waals surface area contributed by atoms with Crippen LogP contribution in [0.5, 0.6) is 0 Å². The maximum Gasteiger partial charge on any atom is 0.223 e. The van der Waals surface area contributed by atoms with Crippen LogP contribution in [0.3, 0.4) is 0 Å². The SMILES string of the molecule is OCCCNc1nc(-c2ccccc2)c2ccccc2n1. The summed E-state index contributed by atoms with van der Waals surface area (Å²) in [7, 11) is 0. The Morgan fingerprint density at radius 1 is 0.905 bits per heavy atom. The van der Waals surface area contributed by atoms with Crippen LogP contribution in [0.15, 0.2) is 54.6 Å². The van der Waals surface area contributed by atoms with E-state index in [-0.39, 0.29) is 6.61 Å². The van der Waals surface area contributed by atoms with Gasteiger partial charge in [-0.1, -0.05) is 48.5 Å². The lowest BCUT2D eigenvalue weighted by atomic mass is 10.1. The third kappa shape index (κ3) is 3.01. The second kappa shape index (κ2) is 6.33. The Morgan fingerprint density at radius 3 is 2.48 bits per heavy atom. The fraction of sp³-hybridized carbons (Fsp3) is 0.176. The van der Waals surface area contributed by atoms with Crippen molar-refractivity contribution in [1.82, 2.24) is 9.97 Å². The summed E-state index contributed by atoms with van der Waals surface area (Å²) in [6.45, 7) is 0.815. The summed E-state index contributed by atoms with van der Waals surface area (Å²) in [5.41, 5.74) is 2.91. The zero-order chi connectivity index (χ0) is 14.5. The van der Waals surface area contributed by atoms with Crippen LogP contribution in [0.25, 0.3) is 22.2 Å². The lowest BCUT2D eigenvalue weighted by Gasteiger charge is -2.10. The summed E-state index contributed by atoms with van der Waals surface area (Å²) in [6.07, 6.45) is 0.677. The average Bonchev–Trinajstić information content (AvgIpc) is 2.55. The summed E-state index contributed by atoms with van der Waals surface area (Å²) < 4.78 is 0. The minimum Gasteiger partial charge on any atom is -0.396 e. The lowest BCUT2D eigenvalue weighted by molar-refractivity contribution is 0.292. The average molecular weight is 279 g/mol. The van der Waals surface area contributed by atoms with Crippen molar-refractivity contribution in [1.29, 1.82) is 0 Å². The van der Waals surface area contributed by atoms with Gasteiger partial charge in [-0.25, -0.2) is 9.97 Å². The van der Waals surface area contributed by atoms with Crippen LogP contribution >= 0.6 is 0 Å². The molecule has 0 bridgehead atoms. The zero-order valence-electron chi connectivity index (χ0n) is 11.7. The van der Waals surface area contributed by atoms with Crippen LogP contribution in [-0.2, 0) is 0 Å². The Hall–Kier alpha value is -2.46. The number of aliphatic hydroxyl groups excluding tert-OH is 1. The van der Waals surface area contributed by atoms with E-state index in [1.807, 2.05) is 54.6 Å². The monoisotopic (exact) mass is 279 g/mol. The predicted octanol–water partition coefficient (Wildman–Crippen LogP) is 3.09. The van der Waals surface area contributed by atoms with E-state index in [0.29, 0.717) is 18.9 Å². The second-order valence-corrected chi connectivity index (χ2v) is 4.78. The Morgan fingerprint density at radius 2 is 1.67 bits per heavy atom. The van der Waals surface area contributed by atoms with Gasteiger partial charge in [0, 0.05) is 24.1 Å². The molecule has 0 aliphatic rings. The van der Waals surface area contributed by atoms with Crippen molar-refractivity contribution < 1.29 is 5.11 Å². The smallest absolute Gasteiger partial charge is 0.223 e. The molecular weight excluding hydrogens is 262 g/mol. The number of hydrogen-bond acceptors (Lipinski definition) is 4. The van der Waals surface area contributed by atoms with Crippen molar-refractivity contribution in [2.45, 2.75) is 6.42 Å². The molecule has 0 saturated heterocycles. The van der Waals surface area contributed by atoms with Gasteiger partial charge in [-0.2, -0.15) is 0 Å². The molecular formula is C17H17N3O. The van der Waals surface area contributed by atoms with Gasteiger partial charge < -0.3 is 10.4 Å². The van der Waals surface area contributed by atoms with E-state index in [2.05, 4.69) is 15.3 Å². The molecule has 0 saturated carbocycles. The molecule has 3 rings (SSSR count). The number of nitrogens with zero attached hydrogens (tertiary/aromatic N) is 2. The van der Waals surface area contributed by atoms with Gasteiger partial charge in [0.2, 0.25) is 5.95 Å². The van der Waals surface area contributed by atoms with Gasteiger partial charge in [0.25, 0.3) is 0 Å². The highest BCUT2D eigenvalue weighted by Crippen LogP contribution is 2.26. The quantitative estimate of drug-likeness (QED) is 0.705. The molecule has 0 unspecified atom stereocenters. The number of fused-ring (bicyclic) bond motifs is 1. The van der Waals surface area contributed by atoms with Gasteiger partial charge in [-0.3, -0.25) is 0 Å². The van der Waals surface area contributed by atoms with Gasteiger partial charge in [-0.15, -0.1) is 0 Å². The van der Waals surface area contributed by atoms with E-state index in [1.165, 1.54) is 0 Å². The number of rotatable bonds is 5. The third-order valence-corrected chi connectivity index (χ3v) is 3.27. The molecule has 0 fully saturated rings. The van der Waals surface area contributed by atoms with Gasteiger partial charge in [0.1, 0.15) is 0 Å². The van der Waals surface area contributed by atoms with Crippen LogP contribution in [0.1, 0.15) is 6.42 Å². The van der Waals surface area contributed by atoms with Crippen LogP contribution in [0.4, 0.5) is 5.95 Å². The summed E-state index contributed by atoms with van der Waals surface area (Å²) in [6, 6.07) is 18.1. The highest BCUT2D eigenvalue weighted by Gasteiger charge is 2.08. The zero-order valence-corrected chi connectivity index (χ0v) is 11.7. The van der Waals surface area contributed by atoms with Crippen LogP contribution in [0.2, 0.25) is 0 Å².